The summed E-state index contributed by atoms with van der Waals surface area (Å²) < 4.78 is 0. The van der Waals surface area contributed by atoms with Crippen molar-refractivity contribution in [2.45, 2.75) is 33.3 Å². The molecule has 0 radical (unpaired) electrons. The number of nitrogens with zero attached hydrogens (tertiary/aromatic N) is 2. The van der Waals surface area contributed by atoms with E-state index in [-0.39, 0.29) is 6.10 Å². The van der Waals surface area contributed by atoms with Crippen LogP contribution in [-0.4, -0.2) is 27.7 Å². The molecule has 1 aromatic heterocycles. The van der Waals surface area contributed by atoms with Crippen molar-refractivity contribution in [3.8, 4) is 0 Å². The third kappa shape index (κ3) is 4.74. The Kier molecular flexibility index (Phi) is 4.49. The topological polar surface area (TPSA) is 58.0 Å². The molecule has 15 heavy (non-hydrogen) atoms. The summed E-state index contributed by atoms with van der Waals surface area (Å²) in [7, 11) is 0. The van der Waals surface area contributed by atoms with Crippen molar-refractivity contribution in [3.63, 3.8) is 0 Å². The molecule has 1 atom stereocenters. The lowest BCUT2D eigenvalue weighted by Gasteiger charge is -2.14. The zero-order valence-electron chi connectivity index (χ0n) is 9.57. The molecule has 0 saturated carbocycles. The highest BCUT2D eigenvalue weighted by atomic mass is 16.3. The van der Waals surface area contributed by atoms with E-state index >= 15 is 0 Å². The molecule has 0 spiro atoms. The van der Waals surface area contributed by atoms with Crippen LogP contribution in [0, 0.1) is 12.8 Å². The van der Waals surface area contributed by atoms with Gasteiger partial charge in [0.1, 0.15) is 5.82 Å². The summed E-state index contributed by atoms with van der Waals surface area (Å²) in [6.07, 6.45) is 3.84. The first-order valence-corrected chi connectivity index (χ1v) is 5.28. The predicted molar refractivity (Wildman–Crippen MR) is 60.7 cm³/mol. The van der Waals surface area contributed by atoms with Crippen LogP contribution in [0.25, 0.3) is 0 Å². The molecular weight excluding hydrogens is 190 g/mol. The van der Waals surface area contributed by atoms with E-state index in [0.717, 1.165) is 17.9 Å². The SMILES string of the molecule is Cc1cncc(NCC(O)CC(C)C)n1. The molecular formula is C11H19N3O. The monoisotopic (exact) mass is 209 g/mol. The van der Waals surface area contributed by atoms with Crippen molar-refractivity contribution in [2.24, 2.45) is 5.92 Å². The van der Waals surface area contributed by atoms with Crippen molar-refractivity contribution < 1.29 is 5.11 Å². The second-order valence-corrected chi connectivity index (χ2v) is 4.21. The Balaban J connectivity index is 2.36. The van der Waals surface area contributed by atoms with Crippen LogP contribution in [0.5, 0.6) is 0 Å². The quantitative estimate of drug-likeness (QED) is 0.773. The van der Waals surface area contributed by atoms with Crippen molar-refractivity contribution in [1.29, 1.82) is 0 Å². The second-order valence-electron chi connectivity index (χ2n) is 4.21. The van der Waals surface area contributed by atoms with E-state index in [4.69, 9.17) is 0 Å². The minimum absolute atomic E-state index is 0.327. The first kappa shape index (κ1) is 11.9. The van der Waals surface area contributed by atoms with Gasteiger partial charge in [-0.2, -0.15) is 0 Å². The van der Waals surface area contributed by atoms with Crippen molar-refractivity contribution in [1.82, 2.24) is 9.97 Å². The highest BCUT2D eigenvalue weighted by molar-refractivity contribution is 5.31. The molecule has 0 bridgehead atoms. The number of aliphatic hydroxyl groups excluding tert-OH is 1. The minimum atomic E-state index is -0.327. The third-order valence-corrected chi connectivity index (χ3v) is 2.02. The fourth-order valence-corrected chi connectivity index (χ4v) is 1.40. The van der Waals surface area contributed by atoms with Gasteiger partial charge >= 0.3 is 0 Å². The van der Waals surface area contributed by atoms with E-state index < -0.39 is 0 Å². The fourth-order valence-electron chi connectivity index (χ4n) is 1.40. The first-order valence-electron chi connectivity index (χ1n) is 5.28. The number of hydrogen-bond donors (Lipinski definition) is 2. The molecule has 0 aromatic carbocycles. The van der Waals surface area contributed by atoms with Crippen LogP contribution >= 0.6 is 0 Å². The molecule has 0 aliphatic rings. The van der Waals surface area contributed by atoms with Gasteiger partial charge in [0.25, 0.3) is 0 Å². The fraction of sp³-hybridized carbons (Fsp3) is 0.636. The van der Waals surface area contributed by atoms with Crippen LogP contribution in [0.2, 0.25) is 0 Å². The van der Waals surface area contributed by atoms with E-state index in [1.807, 2.05) is 6.92 Å². The summed E-state index contributed by atoms with van der Waals surface area (Å²) in [5, 5.41) is 12.7. The maximum atomic E-state index is 9.64. The molecule has 0 amide bonds. The van der Waals surface area contributed by atoms with Gasteiger partial charge in [0.15, 0.2) is 0 Å². The largest absolute Gasteiger partial charge is 0.391 e. The molecule has 1 unspecified atom stereocenters. The molecule has 0 aliphatic carbocycles. The number of aliphatic hydroxyl groups is 1. The van der Waals surface area contributed by atoms with Crippen molar-refractivity contribution in [3.05, 3.63) is 18.1 Å². The lowest BCUT2D eigenvalue weighted by molar-refractivity contribution is 0.161. The Morgan fingerprint density at radius 1 is 1.40 bits per heavy atom. The summed E-state index contributed by atoms with van der Waals surface area (Å²) >= 11 is 0. The smallest absolute Gasteiger partial charge is 0.144 e. The van der Waals surface area contributed by atoms with Crippen LogP contribution in [0.3, 0.4) is 0 Å². The van der Waals surface area contributed by atoms with Crippen molar-refractivity contribution >= 4 is 5.82 Å². The van der Waals surface area contributed by atoms with Gasteiger partial charge in [-0.25, -0.2) is 4.98 Å². The summed E-state index contributed by atoms with van der Waals surface area (Å²) in [6.45, 7) is 6.60. The Morgan fingerprint density at radius 2 is 2.13 bits per heavy atom. The van der Waals surface area contributed by atoms with Crippen molar-refractivity contribution in [2.75, 3.05) is 11.9 Å². The summed E-state index contributed by atoms with van der Waals surface area (Å²) in [5.74, 6) is 1.23. The Labute approximate surface area is 90.8 Å². The van der Waals surface area contributed by atoms with Crippen LogP contribution in [-0.2, 0) is 0 Å². The lowest BCUT2D eigenvalue weighted by Crippen LogP contribution is -2.21. The normalized spacial score (nSPS) is 12.9. The molecule has 1 heterocycles. The maximum Gasteiger partial charge on any atom is 0.144 e. The molecule has 1 aromatic rings. The van der Waals surface area contributed by atoms with E-state index in [9.17, 15) is 5.11 Å². The second kappa shape index (κ2) is 5.66. The lowest BCUT2D eigenvalue weighted by atomic mass is 10.1. The minimum Gasteiger partial charge on any atom is -0.391 e. The van der Waals surface area contributed by atoms with Gasteiger partial charge in [-0.05, 0) is 19.3 Å². The number of aryl methyl sites for hydroxylation is 1. The third-order valence-electron chi connectivity index (χ3n) is 2.02. The Bertz CT molecular complexity index is 302. The highest BCUT2D eigenvalue weighted by Crippen LogP contribution is 2.06. The molecule has 4 heteroatoms. The van der Waals surface area contributed by atoms with Crippen LogP contribution in [0.1, 0.15) is 26.0 Å². The molecule has 84 valence electrons. The van der Waals surface area contributed by atoms with Gasteiger partial charge in [0.2, 0.25) is 0 Å². The molecule has 2 N–H and O–H groups in total. The van der Waals surface area contributed by atoms with Gasteiger partial charge in [-0.1, -0.05) is 13.8 Å². The average molecular weight is 209 g/mol. The molecule has 0 aliphatic heterocycles. The zero-order valence-corrected chi connectivity index (χ0v) is 9.57. The van der Waals surface area contributed by atoms with Crippen LogP contribution < -0.4 is 5.32 Å². The standard InChI is InChI=1S/C11H19N3O/c1-8(2)4-10(15)6-13-11-7-12-5-9(3)14-11/h5,7-8,10,15H,4,6H2,1-3H3,(H,13,14). The van der Waals surface area contributed by atoms with E-state index in [0.29, 0.717) is 12.5 Å². The summed E-state index contributed by atoms with van der Waals surface area (Å²) in [4.78, 5) is 8.26. The van der Waals surface area contributed by atoms with Gasteiger partial charge in [-0.3, -0.25) is 4.98 Å². The number of nitrogens with one attached hydrogen (secondary N) is 1. The predicted octanol–water partition coefficient (Wildman–Crippen LogP) is 1.60. The average Bonchev–Trinajstić information content (AvgIpc) is 2.14. The van der Waals surface area contributed by atoms with Gasteiger partial charge in [0.05, 0.1) is 18.0 Å². The number of aromatic nitrogens is 2. The molecule has 4 nitrogen and oxygen atoms in total. The molecule has 1 rings (SSSR count). The number of hydrogen-bond acceptors (Lipinski definition) is 4. The van der Waals surface area contributed by atoms with Gasteiger partial charge < -0.3 is 10.4 Å². The number of anilines is 1. The van der Waals surface area contributed by atoms with Crippen LogP contribution in [0.4, 0.5) is 5.82 Å². The van der Waals surface area contributed by atoms with Gasteiger partial charge in [-0.15, -0.1) is 0 Å². The summed E-state index contributed by atoms with van der Waals surface area (Å²) in [6, 6.07) is 0. The van der Waals surface area contributed by atoms with E-state index in [1.54, 1.807) is 12.4 Å². The first-order chi connectivity index (χ1) is 7.08. The number of rotatable bonds is 5. The zero-order chi connectivity index (χ0) is 11.3. The summed E-state index contributed by atoms with van der Waals surface area (Å²) in [5.41, 5.74) is 0.873. The maximum absolute atomic E-state index is 9.64. The highest BCUT2D eigenvalue weighted by Gasteiger charge is 2.06. The van der Waals surface area contributed by atoms with Gasteiger partial charge in [0, 0.05) is 12.7 Å². The Hall–Kier alpha value is -1.16. The van der Waals surface area contributed by atoms with Crippen LogP contribution in [0.15, 0.2) is 12.4 Å². The van der Waals surface area contributed by atoms with E-state index in [1.165, 1.54) is 0 Å². The molecule has 0 saturated heterocycles. The molecule has 0 fully saturated rings. The Morgan fingerprint density at radius 3 is 2.73 bits per heavy atom. The van der Waals surface area contributed by atoms with E-state index in [2.05, 4.69) is 29.1 Å².